The van der Waals surface area contributed by atoms with Gasteiger partial charge in [0.15, 0.2) is 5.15 Å². The summed E-state index contributed by atoms with van der Waals surface area (Å²) in [6.07, 6.45) is 6.70. The molecule has 4 nitrogen and oxygen atoms in total. The van der Waals surface area contributed by atoms with Crippen molar-refractivity contribution in [3.8, 4) is 5.88 Å². The van der Waals surface area contributed by atoms with Gasteiger partial charge in [-0.15, -0.1) is 12.4 Å². The molecule has 1 unspecified atom stereocenters. The van der Waals surface area contributed by atoms with Crippen LogP contribution >= 0.6 is 24.0 Å². The summed E-state index contributed by atoms with van der Waals surface area (Å²) in [7, 11) is 0. The SMILES string of the molecule is Cl.Clc1cncc(OCCC2CCCNC2)n1. The first-order chi connectivity index (χ1) is 7.84. The number of hydrogen-bond acceptors (Lipinski definition) is 4. The number of nitrogens with zero attached hydrogens (tertiary/aromatic N) is 2. The molecule has 1 saturated heterocycles. The fourth-order valence-corrected chi connectivity index (χ4v) is 2.04. The van der Waals surface area contributed by atoms with E-state index in [0.29, 0.717) is 17.6 Å². The summed E-state index contributed by atoms with van der Waals surface area (Å²) < 4.78 is 5.50. The van der Waals surface area contributed by atoms with Crippen LogP contribution in [0.15, 0.2) is 12.4 Å². The van der Waals surface area contributed by atoms with Crippen molar-refractivity contribution in [1.82, 2.24) is 15.3 Å². The first-order valence-electron chi connectivity index (χ1n) is 5.65. The first kappa shape index (κ1) is 14.5. The van der Waals surface area contributed by atoms with Gasteiger partial charge in [-0.2, -0.15) is 4.98 Å². The summed E-state index contributed by atoms with van der Waals surface area (Å²) in [5.41, 5.74) is 0. The Hall–Kier alpha value is -0.580. The zero-order valence-corrected chi connectivity index (χ0v) is 11.1. The highest BCUT2D eigenvalue weighted by Gasteiger charge is 2.12. The van der Waals surface area contributed by atoms with Crippen LogP contribution in [0.5, 0.6) is 5.88 Å². The van der Waals surface area contributed by atoms with Crippen LogP contribution in [-0.2, 0) is 0 Å². The van der Waals surface area contributed by atoms with E-state index in [-0.39, 0.29) is 12.4 Å². The van der Waals surface area contributed by atoms with E-state index in [1.807, 2.05) is 0 Å². The molecule has 0 radical (unpaired) electrons. The Balaban J connectivity index is 0.00000144. The minimum atomic E-state index is 0. The Morgan fingerprint density at radius 1 is 1.47 bits per heavy atom. The highest BCUT2D eigenvalue weighted by molar-refractivity contribution is 6.29. The van der Waals surface area contributed by atoms with E-state index >= 15 is 0 Å². The van der Waals surface area contributed by atoms with Gasteiger partial charge in [-0.05, 0) is 38.3 Å². The number of aromatic nitrogens is 2. The van der Waals surface area contributed by atoms with Gasteiger partial charge >= 0.3 is 0 Å². The Kier molecular flexibility index (Phi) is 6.55. The van der Waals surface area contributed by atoms with Gasteiger partial charge < -0.3 is 10.1 Å². The number of rotatable bonds is 4. The van der Waals surface area contributed by atoms with Gasteiger partial charge in [0.1, 0.15) is 0 Å². The number of hydrogen-bond donors (Lipinski definition) is 1. The van der Waals surface area contributed by atoms with Crippen LogP contribution in [0.2, 0.25) is 5.15 Å². The maximum atomic E-state index is 5.71. The van der Waals surface area contributed by atoms with Crippen molar-refractivity contribution in [3.63, 3.8) is 0 Å². The van der Waals surface area contributed by atoms with E-state index in [1.54, 1.807) is 6.20 Å². The topological polar surface area (TPSA) is 47.0 Å². The molecule has 1 atom stereocenters. The molecule has 6 heteroatoms. The molecule has 1 aromatic rings. The van der Waals surface area contributed by atoms with E-state index < -0.39 is 0 Å². The molecular weight excluding hydrogens is 261 g/mol. The van der Waals surface area contributed by atoms with E-state index in [1.165, 1.54) is 19.0 Å². The maximum Gasteiger partial charge on any atom is 0.233 e. The quantitative estimate of drug-likeness (QED) is 0.918. The average molecular weight is 278 g/mol. The zero-order valence-electron chi connectivity index (χ0n) is 9.56. The fourth-order valence-electron chi connectivity index (χ4n) is 1.90. The summed E-state index contributed by atoms with van der Waals surface area (Å²) in [6, 6.07) is 0. The molecular formula is C11H17Cl2N3O. The second-order valence-corrected chi connectivity index (χ2v) is 4.42. The minimum Gasteiger partial charge on any atom is -0.477 e. The lowest BCUT2D eigenvalue weighted by Crippen LogP contribution is -2.30. The molecule has 0 bridgehead atoms. The zero-order chi connectivity index (χ0) is 11.2. The lowest BCUT2D eigenvalue weighted by molar-refractivity contribution is 0.246. The molecule has 1 aromatic heterocycles. The van der Waals surface area contributed by atoms with Crippen LogP contribution in [-0.4, -0.2) is 29.7 Å². The lowest BCUT2D eigenvalue weighted by atomic mass is 9.97. The van der Waals surface area contributed by atoms with Gasteiger partial charge in [-0.1, -0.05) is 11.6 Å². The molecule has 0 aromatic carbocycles. The molecule has 2 heterocycles. The summed E-state index contributed by atoms with van der Waals surface area (Å²) in [4.78, 5) is 7.94. The Labute approximate surface area is 113 Å². The van der Waals surface area contributed by atoms with Crippen molar-refractivity contribution < 1.29 is 4.74 Å². The van der Waals surface area contributed by atoms with Crippen molar-refractivity contribution in [2.24, 2.45) is 5.92 Å². The van der Waals surface area contributed by atoms with E-state index in [4.69, 9.17) is 16.3 Å². The van der Waals surface area contributed by atoms with E-state index in [9.17, 15) is 0 Å². The predicted octanol–water partition coefficient (Wildman–Crippen LogP) is 2.32. The summed E-state index contributed by atoms with van der Waals surface area (Å²) >= 11 is 5.71. The molecule has 17 heavy (non-hydrogen) atoms. The fraction of sp³-hybridized carbons (Fsp3) is 0.636. The summed E-state index contributed by atoms with van der Waals surface area (Å²) in [5.74, 6) is 1.23. The van der Waals surface area contributed by atoms with Crippen LogP contribution in [0.4, 0.5) is 0 Å². The number of nitrogens with one attached hydrogen (secondary N) is 1. The molecule has 1 aliphatic heterocycles. The van der Waals surface area contributed by atoms with Crippen LogP contribution in [0, 0.1) is 5.92 Å². The summed E-state index contributed by atoms with van der Waals surface area (Å²) in [5, 5.41) is 3.76. The molecule has 0 saturated carbocycles. The van der Waals surface area contributed by atoms with Crippen LogP contribution in [0.1, 0.15) is 19.3 Å². The first-order valence-corrected chi connectivity index (χ1v) is 6.03. The average Bonchev–Trinajstić information content (AvgIpc) is 2.30. The Morgan fingerprint density at radius 2 is 2.35 bits per heavy atom. The van der Waals surface area contributed by atoms with Gasteiger partial charge in [-0.3, -0.25) is 4.98 Å². The third-order valence-corrected chi connectivity index (χ3v) is 2.94. The van der Waals surface area contributed by atoms with Crippen LogP contribution in [0.25, 0.3) is 0 Å². The molecule has 0 amide bonds. The van der Waals surface area contributed by atoms with Crippen molar-refractivity contribution >= 4 is 24.0 Å². The number of piperidine rings is 1. The van der Waals surface area contributed by atoms with Crippen molar-refractivity contribution in [2.45, 2.75) is 19.3 Å². The van der Waals surface area contributed by atoms with E-state index in [0.717, 1.165) is 25.4 Å². The highest BCUT2D eigenvalue weighted by Crippen LogP contribution is 2.15. The molecule has 0 spiro atoms. The van der Waals surface area contributed by atoms with Crippen LogP contribution < -0.4 is 10.1 Å². The Bertz CT molecular complexity index is 332. The van der Waals surface area contributed by atoms with Crippen LogP contribution in [0.3, 0.4) is 0 Å². The van der Waals surface area contributed by atoms with Gasteiger partial charge in [0.25, 0.3) is 0 Å². The largest absolute Gasteiger partial charge is 0.477 e. The predicted molar refractivity (Wildman–Crippen MR) is 70.0 cm³/mol. The van der Waals surface area contributed by atoms with Gasteiger partial charge in [0.05, 0.1) is 19.0 Å². The third-order valence-electron chi connectivity index (χ3n) is 2.76. The minimum absolute atomic E-state index is 0. The molecule has 1 N–H and O–H groups in total. The van der Waals surface area contributed by atoms with E-state index in [2.05, 4.69) is 15.3 Å². The normalized spacial score (nSPS) is 19.5. The monoisotopic (exact) mass is 277 g/mol. The van der Waals surface area contributed by atoms with Crippen molar-refractivity contribution in [2.75, 3.05) is 19.7 Å². The summed E-state index contributed by atoms with van der Waals surface area (Å²) in [6.45, 7) is 2.93. The van der Waals surface area contributed by atoms with Gasteiger partial charge in [0.2, 0.25) is 5.88 Å². The van der Waals surface area contributed by atoms with Gasteiger partial charge in [0, 0.05) is 0 Å². The number of ether oxygens (including phenoxy) is 1. The molecule has 0 aliphatic carbocycles. The van der Waals surface area contributed by atoms with Crippen molar-refractivity contribution in [1.29, 1.82) is 0 Å². The third kappa shape index (κ3) is 5.06. The standard InChI is InChI=1S/C11H16ClN3O.ClH/c12-10-7-14-8-11(15-10)16-5-3-9-2-1-4-13-6-9;/h7-9,13H,1-6H2;1H. The second kappa shape index (κ2) is 7.69. The molecule has 2 rings (SSSR count). The lowest BCUT2D eigenvalue weighted by Gasteiger charge is -2.22. The highest BCUT2D eigenvalue weighted by atomic mass is 35.5. The smallest absolute Gasteiger partial charge is 0.233 e. The second-order valence-electron chi connectivity index (χ2n) is 4.03. The maximum absolute atomic E-state index is 5.71. The molecule has 1 fully saturated rings. The van der Waals surface area contributed by atoms with Gasteiger partial charge in [-0.25, -0.2) is 0 Å². The number of halogens is 2. The Morgan fingerprint density at radius 3 is 3.06 bits per heavy atom. The molecule has 1 aliphatic rings. The van der Waals surface area contributed by atoms with Crippen molar-refractivity contribution in [3.05, 3.63) is 17.5 Å². The molecule has 96 valence electrons.